The van der Waals surface area contributed by atoms with E-state index in [9.17, 15) is 21.6 Å². The number of hydrogen-bond acceptors (Lipinski definition) is 4. The zero-order chi connectivity index (χ0) is 15.2. The minimum atomic E-state index is -4.34. The minimum Gasteiger partial charge on any atom is -0.372 e. The van der Waals surface area contributed by atoms with Crippen molar-refractivity contribution >= 4 is 9.84 Å². The highest BCUT2D eigenvalue weighted by Gasteiger charge is 2.34. The van der Waals surface area contributed by atoms with Gasteiger partial charge in [-0.15, -0.1) is 0 Å². The van der Waals surface area contributed by atoms with Gasteiger partial charge in [0.2, 0.25) is 0 Å². The highest BCUT2D eigenvalue weighted by molar-refractivity contribution is 7.91. The lowest BCUT2D eigenvalue weighted by Crippen LogP contribution is -2.34. The van der Waals surface area contributed by atoms with Crippen molar-refractivity contribution in [3.8, 4) is 0 Å². The molecular weight excluding hydrogens is 295 g/mol. The van der Waals surface area contributed by atoms with Crippen LogP contribution in [-0.2, 0) is 14.6 Å². The molecule has 0 aromatic heterocycles. The van der Waals surface area contributed by atoms with Crippen LogP contribution in [0.4, 0.5) is 13.2 Å². The first-order chi connectivity index (χ1) is 9.23. The van der Waals surface area contributed by atoms with Crippen LogP contribution in [0.1, 0.15) is 19.8 Å². The first-order valence-electron chi connectivity index (χ1n) is 6.79. The molecule has 1 rings (SSSR count). The zero-order valence-corrected chi connectivity index (χ0v) is 12.4. The summed E-state index contributed by atoms with van der Waals surface area (Å²) in [6.45, 7) is 1.90. The molecule has 1 aliphatic rings. The number of nitrogens with one attached hydrogen (secondary N) is 1. The summed E-state index contributed by atoms with van der Waals surface area (Å²) in [6, 6.07) is 0. The Kier molecular flexibility index (Phi) is 6.74. The summed E-state index contributed by atoms with van der Waals surface area (Å²) in [4.78, 5) is 0. The van der Waals surface area contributed by atoms with E-state index in [4.69, 9.17) is 4.74 Å². The molecule has 1 N–H and O–H groups in total. The Labute approximate surface area is 118 Å². The maximum Gasteiger partial charge on any atom is 0.411 e. The zero-order valence-electron chi connectivity index (χ0n) is 11.6. The first kappa shape index (κ1) is 17.7. The van der Waals surface area contributed by atoms with E-state index in [-0.39, 0.29) is 29.9 Å². The topological polar surface area (TPSA) is 55.4 Å². The van der Waals surface area contributed by atoms with Crippen LogP contribution in [0.2, 0.25) is 0 Å². The Bertz CT molecular complexity index is 384. The third kappa shape index (κ3) is 6.90. The van der Waals surface area contributed by atoms with E-state index < -0.39 is 22.6 Å². The van der Waals surface area contributed by atoms with E-state index in [0.717, 1.165) is 13.0 Å². The van der Waals surface area contributed by atoms with Gasteiger partial charge in [-0.05, 0) is 31.2 Å². The van der Waals surface area contributed by atoms with E-state index in [2.05, 4.69) is 5.32 Å². The second-order valence-corrected chi connectivity index (χ2v) is 7.49. The summed E-state index contributed by atoms with van der Waals surface area (Å²) in [5, 5.41) is 3.13. The summed E-state index contributed by atoms with van der Waals surface area (Å²) in [7, 11) is -3.03. The van der Waals surface area contributed by atoms with Crippen LogP contribution in [0.5, 0.6) is 0 Å². The minimum absolute atomic E-state index is 0.0564. The van der Waals surface area contributed by atoms with Crippen molar-refractivity contribution in [3.05, 3.63) is 0 Å². The third-order valence-corrected chi connectivity index (χ3v) is 5.16. The number of ether oxygens (including phenoxy) is 1. The smallest absolute Gasteiger partial charge is 0.372 e. The van der Waals surface area contributed by atoms with Crippen molar-refractivity contribution in [1.82, 2.24) is 5.32 Å². The molecule has 2 unspecified atom stereocenters. The highest BCUT2D eigenvalue weighted by atomic mass is 32.2. The summed E-state index contributed by atoms with van der Waals surface area (Å²) >= 11 is 0. The molecule has 0 saturated carbocycles. The number of alkyl halides is 3. The normalized spacial score (nSPS) is 23.9. The largest absolute Gasteiger partial charge is 0.411 e. The molecule has 1 fully saturated rings. The van der Waals surface area contributed by atoms with Gasteiger partial charge in [-0.3, -0.25) is 0 Å². The molecule has 0 aromatic rings. The van der Waals surface area contributed by atoms with E-state index in [1.807, 2.05) is 6.92 Å². The molecule has 120 valence electrons. The van der Waals surface area contributed by atoms with Crippen molar-refractivity contribution in [3.63, 3.8) is 0 Å². The van der Waals surface area contributed by atoms with Gasteiger partial charge in [-0.1, -0.05) is 6.92 Å². The molecule has 4 nitrogen and oxygen atoms in total. The Balaban J connectivity index is 2.47. The van der Waals surface area contributed by atoms with Crippen LogP contribution in [-0.4, -0.2) is 52.4 Å². The molecule has 0 amide bonds. The average molecular weight is 317 g/mol. The van der Waals surface area contributed by atoms with Crippen molar-refractivity contribution < 1.29 is 26.3 Å². The first-order valence-corrected chi connectivity index (χ1v) is 8.61. The molecule has 1 heterocycles. The van der Waals surface area contributed by atoms with Crippen LogP contribution in [0, 0.1) is 11.8 Å². The van der Waals surface area contributed by atoms with Crippen molar-refractivity contribution in [2.45, 2.75) is 25.9 Å². The van der Waals surface area contributed by atoms with E-state index in [0.29, 0.717) is 13.0 Å². The monoisotopic (exact) mass is 317 g/mol. The lowest BCUT2D eigenvalue weighted by Gasteiger charge is -2.23. The lowest BCUT2D eigenvalue weighted by molar-refractivity contribution is -0.177. The molecule has 0 bridgehead atoms. The van der Waals surface area contributed by atoms with E-state index in [1.165, 1.54) is 0 Å². The van der Waals surface area contributed by atoms with Crippen molar-refractivity contribution in [1.29, 1.82) is 0 Å². The van der Waals surface area contributed by atoms with Gasteiger partial charge in [-0.2, -0.15) is 13.2 Å². The van der Waals surface area contributed by atoms with Crippen molar-refractivity contribution in [2.24, 2.45) is 11.8 Å². The maximum absolute atomic E-state index is 12.1. The fourth-order valence-electron chi connectivity index (χ4n) is 2.35. The Morgan fingerprint density at radius 1 is 1.40 bits per heavy atom. The Morgan fingerprint density at radius 2 is 2.10 bits per heavy atom. The summed E-state index contributed by atoms with van der Waals surface area (Å²) in [5.41, 5.74) is 0. The van der Waals surface area contributed by atoms with Crippen LogP contribution in [0.3, 0.4) is 0 Å². The predicted octanol–water partition coefficient (Wildman–Crippen LogP) is 1.62. The summed E-state index contributed by atoms with van der Waals surface area (Å²) < 4.78 is 63.9. The van der Waals surface area contributed by atoms with Gasteiger partial charge in [0.1, 0.15) is 6.61 Å². The molecule has 0 radical (unpaired) electrons. The summed E-state index contributed by atoms with van der Waals surface area (Å²) in [6.07, 6.45) is -2.92. The molecule has 8 heteroatoms. The van der Waals surface area contributed by atoms with Gasteiger partial charge in [-0.25, -0.2) is 8.42 Å². The lowest BCUT2D eigenvalue weighted by atomic mass is 9.92. The van der Waals surface area contributed by atoms with Crippen LogP contribution in [0.15, 0.2) is 0 Å². The second-order valence-electron chi connectivity index (χ2n) is 5.26. The van der Waals surface area contributed by atoms with Gasteiger partial charge < -0.3 is 10.1 Å². The van der Waals surface area contributed by atoms with Crippen LogP contribution >= 0.6 is 0 Å². The molecule has 1 aliphatic heterocycles. The molecule has 0 aromatic carbocycles. The number of rotatable bonds is 8. The van der Waals surface area contributed by atoms with Gasteiger partial charge >= 0.3 is 6.18 Å². The SMILES string of the molecule is CCCNCC(COCC(F)(F)F)C1CCS(=O)(=O)C1. The second kappa shape index (κ2) is 7.61. The molecule has 1 saturated heterocycles. The molecule has 0 aliphatic carbocycles. The van der Waals surface area contributed by atoms with Gasteiger partial charge in [0.25, 0.3) is 0 Å². The fraction of sp³-hybridized carbons (Fsp3) is 1.00. The van der Waals surface area contributed by atoms with Gasteiger partial charge in [0.15, 0.2) is 9.84 Å². The molecule has 20 heavy (non-hydrogen) atoms. The summed E-state index contributed by atoms with van der Waals surface area (Å²) in [5.74, 6) is -0.124. The number of sulfone groups is 1. The quantitative estimate of drug-likeness (QED) is 0.691. The standard InChI is InChI=1S/C12H22F3NO3S/c1-2-4-16-6-11(7-19-9-12(13,14)15)10-3-5-20(17,18)8-10/h10-11,16H,2-9H2,1H3. The average Bonchev–Trinajstić information content (AvgIpc) is 2.66. The van der Waals surface area contributed by atoms with Crippen LogP contribution in [0.25, 0.3) is 0 Å². The molecule has 2 atom stereocenters. The molecule has 0 spiro atoms. The fourth-order valence-corrected chi connectivity index (χ4v) is 4.27. The maximum atomic E-state index is 12.1. The third-order valence-electron chi connectivity index (χ3n) is 3.37. The number of hydrogen-bond donors (Lipinski definition) is 1. The Hall–Kier alpha value is -0.340. The highest BCUT2D eigenvalue weighted by Crippen LogP contribution is 2.26. The number of halogens is 3. The Morgan fingerprint density at radius 3 is 2.60 bits per heavy atom. The van der Waals surface area contributed by atoms with Gasteiger partial charge in [0.05, 0.1) is 18.1 Å². The van der Waals surface area contributed by atoms with E-state index in [1.54, 1.807) is 0 Å². The van der Waals surface area contributed by atoms with Crippen molar-refractivity contribution in [2.75, 3.05) is 37.8 Å². The predicted molar refractivity (Wildman–Crippen MR) is 70.3 cm³/mol. The van der Waals surface area contributed by atoms with Crippen LogP contribution < -0.4 is 5.32 Å². The molecular formula is C12H22F3NO3S. The van der Waals surface area contributed by atoms with Gasteiger partial charge in [0, 0.05) is 6.54 Å². The van der Waals surface area contributed by atoms with E-state index >= 15 is 0 Å².